The summed E-state index contributed by atoms with van der Waals surface area (Å²) >= 11 is 1.66. The van der Waals surface area contributed by atoms with Gasteiger partial charge in [0.2, 0.25) is 0 Å². The van der Waals surface area contributed by atoms with Gasteiger partial charge in [-0.05, 0) is 26.0 Å². The van der Waals surface area contributed by atoms with Crippen LogP contribution in [0.25, 0.3) is 16.2 Å². The Kier molecular flexibility index (Phi) is 3.40. The average Bonchev–Trinajstić information content (AvgIpc) is 2.98. The normalized spacial score (nSPS) is 10.8. The second kappa shape index (κ2) is 5.23. The van der Waals surface area contributed by atoms with E-state index in [0.29, 0.717) is 6.42 Å². The molecular formula is C16H15N3OS. The van der Waals surface area contributed by atoms with Crippen LogP contribution in [0.1, 0.15) is 16.3 Å². The molecule has 0 radical (unpaired) electrons. The third-order valence-electron chi connectivity index (χ3n) is 3.62. The number of nitrogens with zero attached hydrogens (tertiary/aromatic N) is 3. The minimum atomic E-state index is 0.338. The number of ether oxygens (including phenoxy) is 1. The standard InChI is InChI=1S/C16H15N3OS/c1-10-11(2)21-16-18-15(14(7-8-17)19(10)16)12-5-4-6-13(9-12)20-3/h4-6,9H,7H2,1-3H3. The molecule has 3 rings (SSSR count). The largest absolute Gasteiger partial charge is 0.497 e. The van der Waals surface area contributed by atoms with E-state index in [4.69, 9.17) is 15.0 Å². The molecule has 5 heteroatoms. The highest BCUT2D eigenvalue weighted by molar-refractivity contribution is 7.17. The van der Waals surface area contributed by atoms with Crippen LogP contribution in [0.2, 0.25) is 0 Å². The number of benzene rings is 1. The summed E-state index contributed by atoms with van der Waals surface area (Å²) in [6, 6.07) is 10.0. The van der Waals surface area contributed by atoms with E-state index >= 15 is 0 Å². The lowest BCUT2D eigenvalue weighted by molar-refractivity contribution is 0.415. The smallest absolute Gasteiger partial charge is 0.194 e. The van der Waals surface area contributed by atoms with Gasteiger partial charge in [0.25, 0.3) is 0 Å². The van der Waals surface area contributed by atoms with Gasteiger partial charge in [-0.2, -0.15) is 5.26 Å². The molecule has 0 unspecified atom stereocenters. The molecule has 0 aliphatic heterocycles. The molecule has 0 atom stereocenters. The van der Waals surface area contributed by atoms with Gasteiger partial charge >= 0.3 is 0 Å². The Bertz CT molecular complexity index is 854. The van der Waals surface area contributed by atoms with Crippen LogP contribution in [0.4, 0.5) is 0 Å². The number of rotatable bonds is 3. The third-order valence-corrected chi connectivity index (χ3v) is 4.68. The Labute approximate surface area is 127 Å². The summed E-state index contributed by atoms with van der Waals surface area (Å²) < 4.78 is 7.37. The van der Waals surface area contributed by atoms with Gasteiger partial charge in [-0.25, -0.2) is 4.98 Å². The van der Waals surface area contributed by atoms with Crippen molar-refractivity contribution in [1.82, 2.24) is 9.38 Å². The zero-order valence-electron chi connectivity index (χ0n) is 12.2. The highest BCUT2D eigenvalue weighted by atomic mass is 32.1. The number of aromatic nitrogens is 2. The first-order chi connectivity index (χ1) is 10.2. The lowest BCUT2D eigenvalue weighted by Crippen LogP contribution is -1.95. The molecule has 2 heterocycles. The molecule has 0 fully saturated rings. The maximum atomic E-state index is 9.15. The molecule has 0 bridgehead atoms. The van der Waals surface area contributed by atoms with Gasteiger partial charge in [-0.3, -0.25) is 4.40 Å². The van der Waals surface area contributed by atoms with E-state index in [9.17, 15) is 0 Å². The third kappa shape index (κ3) is 2.18. The minimum Gasteiger partial charge on any atom is -0.497 e. The molecule has 3 aromatic rings. The van der Waals surface area contributed by atoms with E-state index in [1.54, 1.807) is 18.4 Å². The summed E-state index contributed by atoms with van der Waals surface area (Å²) in [6.07, 6.45) is 0.338. The molecule has 0 aliphatic rings. The van der Waals surface area contributed by atoms with Gasteiger partial charge < -0.3 is 4.74 Å². The van der Waals surface area contributed by atoms with Crippen molar-refractivity contribution >= 4 is 16.3 Å². The summed E-state index contributed by atoms with van der Waals surface area (Å²) in [4.78, 5) is 6.90. The molecule has 0 spiro atoms. The van der Waals surface area contributed by atoms with E-state index in [2.05, 4.69) is 24.3 Å². The van der Waals surface area contributed by atoms with Crippen LogP contribution in [0.5, 0.6) is 5.75 Å². The van der Waals surface area contributed by atoms with Crippen molar-refractivity contribution in [2.24, 2.45) is 0 Å². The summed E-state index contributed by atoms with van der Waals surface area (Å²) in [5.41, 5.74) is 3.95. The first-order valence-electron chi connectivity index (χ1n) is 6.64. The topological polar surface area (TPSA) is 50.3 Å². The number of nitriles is 1. The van der Waals surface area contributed by atoms with Crippen molar-refractivity contribution in [3.63, 3.8) is 0 Å². The number of hydrogen-bond acceptors (Lipinski definition) is 4. The van der Waals surface area contributed by atoms with E-state index in [-0.39, 0.29) is 0 Å². The number of fused-ring (bicyclic) bond motifs is 1. The maximum absolute atomic E-state index is 9.15. The second-order valence-electron chi connectivity index (χ2n) is 4.84. The molecule has 0 N–H and O–H groups in total. The van der Waals surface area contributed by atoms with Crippen LogP contribution >= 0.6 is 11.3 Å². The first-order valence-corrected chi connectivity index (χ1v) is 7.46. The van der Waals surface area contributed by atoms with Crippen LogP contribution in [0.15, 0.2) is 24.3 Å². The van der Waals surface area contributed by atoms with Crippen molar-refractivity contribution in [2.75, 3.05) is 7.11 Å². The molecule has 0 aliphatic carbocycles. The molecule has 0 saturated heterocycles. The van der Waals surface area contributed by atoms with E-state index in [0.717, 1.165) is 33.4 Å². The zero-order valence-corrected chi connectivity index (χ0v) is 13.0. The lowest BCUT2D eigenvalue weighted by atomic mass is 10.1. The van der Waals surface area contributed by atoms with Crippen molar-refractivity contribution in [2.45, 2.75) is 20.3 Å². The highest BCUT2D eigenvalue weighted by Gasteiger charge is 2.18. The number of imidazole rings is 1. The Morgan fingerprint density at radius 3 is 2.90 bits per heavy atom. The van der Waals surface area contributed by atoms with E-state index in [1.807, 2.05) is 24.3 Å². The molecular weight excluding hydrogens is 282 g/mol. The highest BCUT2D eigenvalue weighted by Crippen LogP contribution is 2.32. The number of aryl methyl sites for hydroxylation is 2. The van der Waals surface area contributed by atoms with Crippen LogP contribution in [0, 0.1) is 25.2 Å². The van der Waals surface area contributed by atoms with Gasteiger partial charge in [-0.15, -0.1) is 11.3 Å². The molecule has 0 amide bonds. The number of hydrogen-bond donors (Lipinski definition) is 0. The van der Waals surface area contributed by atoms with E-state index < -0.39 is 0 Å². The monoisotopic (exact) mass is 297 g/mol. The van der Waals surface area contributed by atoms with Crippen LogP contribution in [-0.4, -0.2) is 16.5 Å². The molecule has 1 aromatic carbocycles. The predicted octanol–water partition coefficient (Wildman–Crippen LogP) is 3.75. The molecule has 2 aromatic heterocycles. The Morgan fingerprint density at radius 1 is 1.38 bits per heavy atom. The quantitative estimate of drug-likeness (QED) is 0.739. The van der Waals surface area contributed by atoms with Crippen molar-refractivity contribution < 1.29 is 4.74 Å². The first kappa shape index (κ1) is 13.7. The number of thiazole rings is 1. The van der Waals surface area contributed by atoms with Gasteiger partial charge in [0.15, 0.2) is 4.96 Å². The van der Waals surface area contributed by atoms with E-state index in [1.165, 1.54) is 4.88 Å². The fourth-order valence-corrected chi connectivity index (χ4v) is 3.44. The Morgan fingerprint density at radius 2 is 2.19 bits per heavy atom. The molecule has 21 heavy (non-hydrogen) atoms. The summed E-state index contributed by atoms with van der Waals surface area (Å²) in [7, 11) is 1.65. The van der Waals surface area contributed by atoms with Crippen molar-refractivity contribution in [1.29, 1.82) is 5.26 Å². The summed E-state index contributed by atoms with van der Waals surface area (Å²) in [5.74, 6) is 0.791. The Hall–Kier alpha value is -2.32. The Balaban J connectivity index is 2.26. The summed E-state index contributed by atoms with van der Waals surface area (Å²) in [6.45, 7) is 4.15. The van der Waals surface area contributed by atoms with Gasteiger partial charge in [0.1, 0.15) is 5.75 Å². The van der Waals surface area contributed by atoms with Crippen LogP contribution < -0.4 is 4.74 Å². The van der Waals surface area contributed by atoms with Crippen molar-refractivity contribution in [3.05, 3.63) is 40.5 Å². The van der Waals surface area contributed by atoms with Crippen LogP contribution in [-0.2, 0) is 6.42 Å². The fourth-order valence-electron chi connectivity index (χ4n) is 2.45. The molecule has 4 nitrogen and oxygen atoms in total. The predicted molar refractivity (Wildman–Crippen MR) is 83.8 cm³/mol. The van der Waals surface area contributed by atoms with Gasteiger partial charge in [0.05, 0.1) is 31.0 Å². The number of methoxy groups -OCH3 is 1. The fraction of sp³-hybridized carbons (Fsp3) is 0.250. The average molecular weight is 297 g/mol. The summed E-state index contributed by atoms with van der Waals surface area (Å²) in [5, 5.41) is 9.15. The second-order valence-corrected chi connectivity index (χ2v) is 6.02. The van der Waals surface area contributed by atoms with Crippen LogP contribution in [0.3, 0.4) is 0 Å². The zero-order chi connectivity index (χ0) is 15.0. The molecule has 0 saturated carbocycles. The van der Waals surface area contributed by atoms with Gasteiger partial charge in [0, 0.05) is 16.1 Å². The molecule has 106 valence electrons. The lowest BCUT2D eigenvalue weighted by Gasteiger charge is -2.05. The van der Waals surface area contributed by atoms with Gasteiger partial charge in [-0.1, -0.05) is 12.1 Å². The SMILES string of the molecule is COc1cccc(-c2nc3sc(C)c(C)n3c2CC#N)c1. The maximum Gasteiger partial charge on any atom is 0.194 e. The van der Waals surface area contributed by atoms with Crippen molar-refractivity contribution in [3.8, 4) is 23.1 Å². The minimum absolute atomic E-state index is 0.338.